The molecule has 3 atom stereocenters. The normalized spacial score (nSPS) is 31.2. The average molecular weight is 276 g/mol. The molecule has 2 fully saturated rings. The molecule has 0 saturated carbocycles. The molecule has 20 heavy (non-hydrogen) atoms. The van der Waals surface area contributed by atoms with E-state index in [9.17, 15) is 19.8 Å². The van der Waals surface area contributed by atoms with Gasteiger partial charge < -0.3 is 4.74 Å². The van der Waals surface area contributed by atoms with E-state index in [4.69, 9.17) is 4.74 Å². The molecule has 2 aliphatic rings. The maximum atomic E-state index is 13.6. The Kier molecular flexibility index (Phi) is 2.94. The second-order valence-electron chi connectivity index (χ2n) is 5.52. The number of nitrogens with zero attached hydrogens (tertiary/aromatic N) is 2. The van der Waals surface area contributed by atoms with Gasteiger partial charge in [-0.3, -0.25) is 10.1 Å². The zero-order valence-electron chi connectivity index (χ0n) is 10.7. The Balaban J connectivity index is 1.86. The maximum absolute atomic E-state index is 13.6. The van der Waals surface area contributed by atoms with Crippen LogP contribution in [-0.2, 0) is 11.2 Å². The molecule has 0 aromatic heterocycles. The number of nitriles is 1. The van der Waals surface area contributed by atoms with E-state index in [1.807, 2.05) is 0 Å². The van der Waals surface area contributed by atoms with Gasteiger partial charge in [0.25, 0.3) is 0 Å². The molecular weight excluding hydrogens is 263 g/mol. The molecule has 2 bridgehead atoms. The predicted octanol–water partition coefficient (Wildman–Crippen LogP) is 2.74. The van der Waals surface area contributed by atoms with E-state index in [-0.39, 0.29) is 12.2 Å². The molecule has 0 amide bonds. The summed E-state index contributed by atoms with van der Waals surface area (Å²) in [5, 5.41) is 20.1. The minimum absolute atomic E-state index is 0.101. The lowest BCUT2D eigenvalue weighted by Crippen LogP contribution is -2.33. The van der Waals surface area contributed by atoms with Gasteiger partial charge >= 0.3 is 5.69 Å². The largest absolute Gasteiger partial charge is 0.373 e. The van der Waals surface area contributed by atoms with Crippen LogP contribution in [0.15, 0.2) is 18.2 Å². The van der Waals surface area contributed by atoms with Crippen LogP contribution in [0.1, 0.15) is 24.8 Å². The molecule has 3 rings (SSSR count). The van der Waals surface area contributed by atoms with Crippen LogP contribution in [0.4, 0.5) is 10.1 Å². The second kappa shape index (κ2) is 4.53. The summed E-state index contributed by atoms with van der Waals surface area (Å²) in [4.78, 5) is 9.84. The number of hydrogen-bond donors (Lipinski definition) is 0. The fourth-order valence-corrected chi connectivity index (χ4v) is 3.32. The van der Waals surface area contributed by atoms with Crippen molar-refractivity contribution in [2.45, 2.75) is 37.9 Å². The van der Waals surface area contributed by atoms with E-state index >= 15 is 0 Å². The van der Waals surface area contributed by atoms with Crippen LogP contribution < -0.4 is 0 Å². The molecule has 0 N–H and O–H groups in total. The van der Waals surface area contributed by atoms with Gasteiger partial charge in [-0.05, 0) is 37.3 Å². The van der Waals surface area contributed by atoms with Crippen molar-refractivity contribution in [3.8, 4) is 6.07 Å². The van der Waals surface area contributed by atoms with Gasteiger partial charge in [-0.15, -0.1) is 0 Å². The first-order chi connectivity index (χ1) is 9.54. The van der Waals surface area contributed by atoms with E-state index in [0.29, 0.717) is 18.4 Å². The van der Waals surface area contributed by atoms with Crippen molar-refractivity contribution in [2.75, 3.05) is 0 Å². The molecular formula is C14H13FN2O3. The first-order valence-electron chi connectivity index (χ1n) is 6.53. The highest BCUT2D eigenvalue weighted by atomic mass is 19.1. The van der Waals surface area contributed by atoms with Crippen molar-refractivity contribution >= 4 is 5.69 Å². The van der Waals surface area contributed by atoms with Crippen LogP contribution in [0.25, 0.3) is 0 Å². The zero-order chi connectivity index (χ0) is 14.3. The van der Waals surface area contributed by atoms with Gasteiger partial charge in [0.15, 0.2) is 0 Å². The molecule has 2 saturated heterocycles. The standard InChI is InChI=1S/C14H13FN2O3/c15-11-5-9(1-3-12(11)17(18)19)6-14(8-16)7-10-2-4-13(14)20-10/h1,3,5,10,13H,2,4,6-7H2. The minimum atomic E-state index is -0.857. The van der Waals surface area contributed by atoms with Gasteiger partial charge in [0, 0.05) is 6.07 Å². The van der Waals surface area contributed by atoms with Gasteiger partial charge in [0.05, 0.1) is 28.6 Å². The molecule has 6 heteroatoms. The molecule has 3 unspecified atom stereocenters. The molecule has 0 radical (unpaired) electrons. The quantitative estimate of drug-likeness (QED) is 0.628. The lowest BCUT2D eigenvalue weighted by atomic mass is 9.71. The highest BCUT2D eigenvalue weighted by Crippen LogP contribution is 2.49. The molecule has 0 spiro atoms. The third-order valence-corrected chi connectivity index (χ3v) is 4.27. The minimum Gasteiger partial charge on any atom is -0.373 e. The molecule has 5 nitrogen and oxygen atoms in total. The van der Waals surface area contributed by atoms with Crippen molar-refractivity contribution in [1.29, 1.82) is 5.26 Å². The highest BCUT2D eigenvalue weighted by Gasteiger charge is 2.52. The summed E-state index contributed by atoms with van der Waals surface area (Å²) in [6.07, 6.45) is 2.89. The van der Waals surface area contributed by atoms with Gasteiger partial charge in [-0.25, -0.2) is 0 Å². The topological polar surface area (TPSA) is 76.2 Å². The molecule has 0 aliphatic carbocycles. The Bertz CT molecular complexity index is 613. The van der Waals surface area contributed by atoms with Crippen molar-refractivity contribution in [2.24, 2.45) is 5.41 Å². The predicted molar refractivity (Wildman–Crippen MR) is 67.3 cm³/mol. The zero-order valence-corrected chi connectivity index (χ0v) is 10.7. The Morgan fingerprint density at radius 2 is 2.35 bits per heavy atom. The molecule has 2 heterocycles. The summed E-state index contributed by atoms with van der Waals surface area (Å²) in [5.41, 5.74) is -0.555. The van der Waals surface area contributed by atoms with Crippen LogP contribution in [0.5, 0.6) is 0 Å². The average Bonchev–Trinajstić information content (AvgIpc) is 2.99. The van der Waals surface area contributed by atoms with Gasteiger partial charge in [0.1, 0.15) is 0 Å². The number of nitro groups is 1. The number of ether oxygens (including phenoxy) is 1. The van der Waals surface area contributed by atoms with Crippen molar-refractivity contribution in [1.82, 2.24) is 0 Å². The third-order valence-electron chi connectivity index (χ3n) is 4.27. The lowest BCUT2D eigenvalue weighted by Gasteiger charge is -2.28. The number of rotatable bonds is 3. The van der Waals surface area contributed by atoms with Crippen LogP contribution >= 0.6 is 0 Å². The van der Waals surface area contributed by atoms with E-state index in [0.717, 1.165) is 25.0 Å². The number of benzene rings is 1. The lowest BCUT2D eigenvalue weighted by molar-refractivity contribution is -0.387. The summed E-state index contributed by atoms with van der Waals surface area (Å²) >= 11 is 0. The summed E-state index contributed by atoms with van der Waals surface area (Å²) in [5.74, 6) is -0.857. The van der Waals surface area contributed by atoms with Gasteiger partial charge in [-0.2, -0.15) is 9.65 Å². The Morgan fingerprint density at radius 3 is 2.85 bits per heavy atom. The summed E-state index contributed by atoms with van der Waals surface area (Å²) in [7, 11) is 0. The van der Waals surface area contributed by atoms with Crippen molar-refractivity contribution < 1.29 is 14.1 Å². The number of fused-ring (bicyclic) bond motifs is 2. The van der Waals surface area contributed by atoms with E-state index in [1.54, 1.807) is 0 Å². The smallest absolute Gasteiger partial charge is 0.304 e. The van der Waals surface area contributed by atoms with Crippen LogP contribution in [0, 0.1) is 32.7 Å². The van der Waals surface area contributed by atoms with Gasteiger partial charge in [0.2, 0.25) is 5.82 Å². The monoisotopic (exact) mass is 276 g/mol. The molecule has 104 valence electrons. The third kappa shape index (κ3) is 1.95. The summed E-state index contributed by atoms with van der Waals surface area (Å²) < 4.78 is 19.4. The highest BCUT2D eigenvalue weighted by molar-refractivity contribution is 5.36. The fourth-order valence-electron chi connectivity index (χ4n) is 3.32. The number of halogens is 1. The summed E-state index contributed by atoms with van der Waals surface area (Å²) in [6.45, 7) is 0. The maximum Gasteiger partial charge on any atom is 0.304 e. The van der Waals surface area contributed by atoms with Gasteiger partial charge in [-0.1, -0.05) is 6.07 Å². The first-order valence-corrected chi connectivity index (χ1v) is 6.53. The molecule has 1 aromatic rings. The van der Waals surface area contributed by atoms with Crippen LogP contribution in [0.2, 0.25) is 0 Å². The van der Waals surface area contributed by atoms with E-state index in [2.05, 4.69) is 6.07 Å². The van der Waals surface area contributed by atoms with Crippen molar-refractivity contribution in [3.63, 3.8) is 0 Å². The first kappa shape index (κ1) is 13.0. The summed E-state index contributed by atoms with van der Waals surface area (Å²) in [6, 6.07) is 6.17. The number of nitro benzene ring substituents is 1. The molecule has 1 aromatic carbocycles. The molecule has 2 aliphatic heterocycles. The Labute approximate surface area is 115 Å². The Hall–Kier alpha value is -2.00. The van der Waals surface area contributed by atoms with Crippen LogP contribution in [0.3, 0.4) is 0 Å². The Morgan fingerprint density at radius 1 is 1.55 bits per heavy atom. The van der Waals surface area contributed by atoms with Crippen molar-refractivity contribution in [3.05, 3.63) is 39.7 Å². The van der Waals surface area contributed by atoms with E-state index in [1.165, 1.54) is 6.07 Å². The second-order valence-corrected chi connectivity index (χ2v) is 5.52. The van der Waals surface area contributed by atoms with Crippen LogP contribution in [-0.4, -0.2) is 17.1 Å². The van der Waals surface area contributed by atoms with E-state index < -0.39 is 21.8 Å². The number of hydrogen-bond acceptors (Lipinski definition) is 4. The SMILES string of the molecule is N#CC1(Cc2ccc([N+](=O)[O-])c(F)c2)CC2CCC1O2. The fraction of sp³-hybridized carbons (Fsp3) is 0.500.